The molecule has 8 heteroatoms. The van der Waals surface area contributed by atoms with Gasteiger partial charge < -0.3 is 9.64 Å². The van der Waals surface area contributed by atoms with Gasteiger partial charge >= 0.3 is 5.97 Å². The van der Waals surface area contributed by atoms with Crippen LogP contribution in [0.25, 0.3) is 0 Å². The number of nitrogens with zero attached hydrogens (tertiary/aromatic N) is 1. The number of sulfonamides is 1. The Bertz CT molecular complexity index is 1060. The molecule has 0 fully saturated rings. The SMILES string of the molecule is CCOC(=O)c1ccc(C)c(NS(=O)(=O)c2ccc3c(c2)CCCN3C(C)=O)c1. The summed E-state index contributed by atoms with van der Waals surface area (Å²) in [5.74, 6) is -0.572. The van der Waals surface area contributed by atoms with Crippen LogP contribution in [0.2, 0.25) is 0 Å². The Balaban J connectivity index is 1.92. The summed E-state index contributed by atoms with van der Waals surface area (Å²) in [5, 5.41) is 0. The van der Waals surface area contributed by atoms with Gasteiger partial charge in [-0.2, -0.15) is 0 Å². The Morgan fingerprint density at radius 3 is 2.62 bits per heavy atom. The number of nitrogens with one attached hydrogen (secondary N) is 1. The number of fused-ring (bicyclic) bond motifs is 1. The molecule has 2 aromatic rings. The Morgan fingerprint density at radius 1 is 1.17 bits per heavy atom. The van der Waals surface area contributed by atoms with Gasteiger partial charge in [-0.1, -0.05) is 6.07 Å². The predicted octanol–water partition coefficient (Wildman–Crippen LogP) is 3.27. The highest BCUT2D eigenvalue weighted by molar-refractivity contribution is 7.92. The summed E-state index contributed by atoms with van der Waals surface area (Å²) in [4.78, 5) is 25.5. The van der Waals surface area contributed by atoms with E-state index in [0.717, 1.165) is 17.7 Å². The first-order valence-corrected chi connectivity index (χ1v) is 10.9. The van der Waals surface area contributed by atoms with E-state index in [1.54, 1.807) is 43.0 Å². The fraction of sp³-hybridized carbons (Fsp3) is 0.333. The molecule has 2 aromatic carbocycles. The number of carbonyl (C=O) groups excluding carboxylic acids is 2. The molecule has 0 saturated carbocycles. The number of hydrogen-bond acceptors (Lipinski definition) is 5. The third-order valence-corrected chi connectivity index (χ3v) is 6.22. The smallest absolute Gasteiger partial charge is 0.338 e. The van der Waals surface area contributed by atoms with E-state index >= 15 is 0 Å². The summed E-state index contributed by atoms with van der Waals surface area (Å²) in [6, 6.07) is 9.51. The van der Waals surface area contributed by atoms with Gasteiger partial charge in [0.25, 0.3) is 10.0 Å². The van der Waals surface area contributed by atoms with Gasteiger partial charge in [0.15, 0.2) is 0 Å². The van der Waals surface area contributed by atoms with Crippen molar-refractivity contribution in [2.24, 2.45) is 0 Å². The number of ether oxygens (including phenoxy) is 1. The van der Waals surface area contributed by atoms with E-state index < -0.39 is 16.0 Å². The van der Waals surface area contributed by atoms with Crippen molar-refractivity contribution in [1.29, 1.82) is 0 Å². The van der Waals surface area contributed by atoms with Gasteiger partial charge in [0, 0.05) is 19.2 Å². The normalized spacial score (nSPS) is 13.6. The zero-order valence-electron chi connectivity index (χ0n) is 16.7. The molecule has 1 heterocycles. The molecule has 1 aliphatic heterocycles. The van der Waals surface area contributed by atoms with Crippen LogP contribution in [0.15, 0.2) is 41.3 Å². The topological polar surface area (TPSA) is 92.8 Å². The molecule has 3 rings (SSSR count). The van der Waals surface area contributed by atoms with E-state index in [1.807, 2.05) is 0 Å². The van der Waals surface area contributed by atoms with E-state index in [9.17, 15) is 18.0 Å². The lowest BCUT2D eigenvalue weighted by molar-refractivity contribution is -0.116. The van der Waals surface area contributed by atoms with Crippen molar-refractivity contribution in [2.45, 2.75) is 38.5 Å². The quantitative estimate of drug-likeness (QED) is 0.755. The second-order valence-corrected chi connectivity index (χ2v) is 8.60. The minimum Gasteiger partial charge on any atom is -0.462 e. The molecular formula is C21H24N2O5S. The number of hydrogen-bond donors (Lipinski definition) is 1. The van der Waals surface area contributed by atoms with E-state index in [-0.39, 0.29) is 23.0 Å². The fourth-order valence-electron chi connectivity index (χ4n) is 3.34. The molecule has 0 unspecified atom stereocenters. The summed E-state index contributed by atoms with van der Waals surface area (Å²) < 4.78 is 33.5. The number of anilines is 2. The Kier molecular flexibility index (Phi) is 5.93. The molecule has 0 radical (unpaired) electrons. The van der Waals surface area contributed by atoms with Crippen LogP contribution in [0.5, 0.6) is 0 Å². The molecule has 154 valence electrons. The Hall–Kier alpha value is -2.87. The van der Waals surface area contributed by atoms with E-state index in [4.69, 9.17) is 4.74 Å². The zero-order valence-corrected chi connectivity index (χ0v) is 17.5. The molecule has 0 aliphatic carbocycles. The predicted molar refractivity (Wildman–Crippen MR) is 111 cm³/mol. The van der Waals surface area contributed by atoms with Crippen molar-refractivity contribution in [3.63, 3.8) is 0 Å². The Morgan fingerprint density at radius 2 is 1.93 bits per heavy atom. The number of benzene rings is 2. The average Bonchev–Trinajstić information content (AvgIpc) is 2.68. The minimum atomic E-state index is -3.87. The first kappa shape index (κ1) is 20.9. The van der Waals surface area contributed by atoms with Gasteiger partial charge in [0.1, 0.15) is 0 Å². The maximum atomic E-state index is 13.0. The highest BCUT2D eigenvalue weighted by atomic mass is 32.2. The molecular weight excluding hydrogens is 392 g/mol. The standard InChI is InChI=1S/C21H24N2O5S/c1-4-28-21(25)17-8-7-14(2)19(13-17)22-29(26,27)18-9-10-20-16(12-18)6-5-11-23(20)15(3)24/h7-10,12-13,22H,4-6,11H2,1-3H3. The third-order valence-electron chi connectivity index (χ3n) is 4.85. The monoisotopic (exact) mass is 416 g/mol. The molecule has 0 aromatic heterocycles. The molecule has 1 amide bonds. The van der Waals surface area contributed by atoms with Gasteiger partial charge in [-0.3, -0.25) is 9.52 Å². The van der Waals surface area contributed by atoms with E-state index in [0.29, 0.717) is 24.2 Å². The number of carbonyl (C=O) groups is 2. The van der Waals surface area contributed by atoms with Gasteiger partial charge in [-0.25, -0.2) is 13.2 Å². The summed E-state index contributed by atoms with van der Waals surface area (Å²) in [5.41, 5.74) is 2.85. The van der Waals surface area contributed by atoms with Crippen molar-refractivity contribution >= 4 is 33.3 Å². The molecule has 0 bridgehead atoms. The highest BCUT2D eigenvalue weighted by Gasteiger charge is 2.23. The highest BCUT2D eigenvalue weighted by Crippen LogP contribution is 2.30. The van der Waals surface area contributed by atoms with Crippen LogP contribution in [0.3, 0.4) is 0 Å². The van der Waals surface area contributed by atoms with Gasteiger partial charge in [-0.05, 0) is 68.1 Å². The molecule has 0 saturated heterocycles. The summed E-state index contributed by atoms with van der Waals surface area (Å²) in [6.07, 6.45) is 1.49. The maximum absolute atomic E-state index is 13.0. The summed E-state index contributed by atoms with van der Waals surface area (Å²) >= 11 is 0. The van der Waals surface area contributed by atoms with E-state index in [1.165, 1.54) is 19.1 Å². The molecule has 7 nitrogen and oxygen atoms in total. The van der Waals surface area contributed by atoms with Gasteiger partial charge in [0.05, 0.1) is 22.8 Å². The molecule has 0 spiro atoms. The van der Waals surface area contributed by atoms with Gasteiger partial charge in [0.2, 0.25) is 5.91 Å². The number of esters is 1. The third kappa shape index (κ3) is 4.42. The summed E-state index contributed by atoms with van der Waals surface area (Å²) in [7, 11) is -3.87. The van der Waals surface area contributed by atoms with Crippen LogP contribution in [0.4, 0.5) is 11.4 Å². The van der Waals surface area contributed by atoms with E-state index in [2.05, 4.69) is 4.72 Å². The van der Waals surface area contributed by atoms with Crippen molar-refractivity contribution in [2.75, 3.05) is 22.8 Å². The largest absolute Gasteiger partial charge is 0.462 e. The minimum absolute atomic E-state index is 0.0638. The second-order valence-electron chi connectivity index (χ2n) is 6.92. The van der Waals surface area contributed by atoms with Gasteiger partial charge in [-0.15, -0.1) is 0 Å². The van der Waals surface area contributed by atoms with Crippen LogP contribution in [0, 0.1) is 6.92 Å². The Labute approximate surface area is 170 Å². The van der Waals surface area contributed by atoms with Crippen LogP contribution in [-0.2, 0) is 26.0 Å². The molecule has 1 N–H and O–H groups in total. The maximum Gasteiger partial charge on any atom is 0.338 e. The molecule has 29 heavy (non-hydrogen) atoms. The van der Waals surface area contributed by atoms with Crippen LogP contribution in [-0.4, -0.2) is 33.4 Å². The van der Waals surface area contributed by atoms with Crippen molar-refractivity contribution in [3.8, 4) is 0 Å². The lowest BCUT2D eigenvalue weighted by Gasteiger charge is -2.28. The van der Waals surface area contributed by atoms with Crippen LogP contribution in [0.1, 0.15) is 41.8 Å². The van der Waals surface area contributed by atoms with Crippen molar-refractivity contribution < 1.29 is 22.7 Å². The van der Waals surface area contributed by atoms with Crippen molar-refractivity contribution in [3.05, 3.63) is 53.1 Å². The number of rotatable bonds is 5. The first-order chi connectivity index (χ1) is 13.7. The molecule has 1 aliphatic rings. The zero-order chi connectivity index (χ0) is 21.2. The lowest BCUT2D eigenvalue weighted by Crippen LogP contribution is -2.33. The fourth-order valence-corrected chi connectivity index (χ4v) is 4.52. The number of aryl methyl sites for hydroxylation is 2. The average molecular weight is 416 g/mol. The number of amides is 1. The summed E-state index contributed by atoms with van der Waals surface area (Å²) in [6.45, 7) is 5.83. The second kappa shape index (κ2) is 8.24. The van der Waals surface area contributed by atoms with Crippen LogP contribution >= 0.6 is 0 Å². The van der Waals surface area contributed by atoms with Crippen LogP contribution < -0.4 is 9.62 Å². The van der Waals surface area contributed by atoms with Crippen molar-refractivity contribution in [1.82, 2.24) is 0 Å². The molecule has 0 atom stereocenters. The first-order valence-electron chi connectivity index (χ1n) is 9.44. The lowest BCUT2D eigenvalue weighted by atomic mass is 10.0.